The SMILES string of the molecule is Oc1ccccc1/C=N/N=C/c1ccccc1O. The minimum absolute atomic E-state index is 0.152. The van der Waals surface area contributed by atoms with E-state index < -0.39 is 0 Å². The molecule has 0 atom stereocenters. The van der Waals surface area contributed by atoms with Crippen LogP contribution >= 0.6 is 0 Å². The van der Waals surface area contributed by atoms with Crippen molar-refractivity contribution >= 4 is 12.4 Å². The molecule has 2 rings (SSSR count). The van der Waals surface area contributed by atoms with Crippen LogP contribution < -0.4 is 0 Å². The average molecular weight is 240 g/mol. The van der Waals surface area contributed by atoms with Crippen molar-refractivity contribution in [3.05, 3.63) is 59.7 Å². The van der Waals surface area contributed by atoms with Crippen molar-refractivity contribution in [1.82, 2.24) is 0 Å². The maximum atomic E-state index is 9.49. The molecule has 0 unspecified atom stereocenters. The molecule has 18 heavy (non-hydrogen) atoms. The molecule has 0 saturated carbocycles. The average Bonchev–Trinajstić information content (AvgIpc) is 2.38. The van der Waals surface area contributed by atoms with Crippen LogP contribution in [0.5, 0.6) is 11.5 Å². The van der Waals surface area contributed by atoms with Crippen LogP contribution in [0.3, 0.4) is 0 Å². The molecule has 0 saturated heterocycles. The zero-order valence-electron chi connectivity index (χ0n) is 9.56. The summed E-state index contributed by atoms with van der Waals surface area (Å²) in [6.07, 6.45) is 2.90. The van der Waals surface area contributed by atoms with Gasteiger partial charge in [-0.05, 0) is 24.3 Å². The highest BCUT2D eigenvalue weighted by Gasteiger charge is 1.95. The molecule has 4 nitrogen and oxygen atoms in total. The molecule has 0 aliphatic heterocycles. The Morgan fingerprint density at radius 2 is 1.06 bits per heavy atom. The topological polar surface area (TPSA) is 65.2 Å². The van der Waals surface area contributed by atoms with E-state index in [1.165, 1.54) is 12.4 Å². The van der Waals surface area contributed by atoms with Gasteiger partial charge in [-0.25, -0.2) is 0 Å². The first-order valence-electron chi connectivity index (χ1n) is 5.40. The second-order valence-corrected chi connectivity index (χ2v) is 3.61. The number of aromatic hydroxyl groups is 2. The van der Waals surface area contributed by atoms with Crippen molar-refractivity contribution in [2.75, 3.05) is 0 Å². The lowest BCUT2D eigenvalue weighted by Gasteiger charge is -1.95. The zero-order valence-corrected chi connectivity index (χ0v) is 9.56. The number of para-hydroxylation sites is 2. The molecule has 0 spiro atoms. The molecule has 0 aliphatic rings. The first kappa shape index (κ1) is 11.9. The Kier molecular flexibility index (Phi) is 3.71. The van der Waals surface area contributed by atoms with Crippen molar-refractivity contribution in [2.24, 2.45) is 10.2 Å². The Labute approximate surface area is 105 Å². The fourth-order valence-electron chi connectivity index (χ4n) is 1.38. The predicted molar refractivity (Wildman–Crippen MR) is 71.4 cm³/mol. The van der Waals surface area contributed by atoms with Crippen LogP contribution in [0.4, 0.5) is 0 Å². The summed E-state index contributed by atoms with van der Waals surface area (Å²) >= 11 is 0. The number of hydrogen-bond acceptors (Lipinski definition) is 4. The summed E-state index contributed by atoms with van der Waals surface area (Å²) in [7, 11) is 0. The van der Waals surface area contributed by atoms with E-state index in [0.717, 1.165) is 0 Å². The molecule has 2 N–H and O–H groups in total. The minimum atomic E-state index is 0.152. The third kappa shape index (κ3) is 2.95. The molecule has 2 aromatic carbocycles. The van der Waals surface area contributed by atoms with Crippen molar-refractivity contribution in [3.63, 3.8) is 0 Å². The summed E-state index contributed by atoms with van der Waals surface area (Å²) in [5.41, 5.74) is 1.18. The van der Waals surface area contributed by atoms with E-state index in [9.17, 15) is 10.2 Å². The van der Waals surface area contributed by atoms with Gasteiger partial charge in [-0.3, -0.25) is 0 Å². The zero-order chi connectivity index (χ0) is 12.8. The van der Waals surface area contributed by atoms with Gasteiger partial charge in [0.1, 0.15) is 11.5 Å². The lowest BCUT2D eigenvalue weighted by Crippen LogP contribution is -1.82. The lowest BCUT2D eigenvalue weighted by molar-refractivity contribution is 0.474. The van der Waals surface area contributed by atoms with Gasteiger partial charge in [-0.1, -0.05) is 24.3 Å². The molecule has 0 bridgehead atoms. The Bertz CT molecular complexity index is 538. The van der Waals surface area contributed by atoms with E-state index in [2.05, 4.69) is 10.2 Å². The Hall–Kier alpha value is -2.62. The summed E-state index contributed by atoms with van der Waals surface area (Å²) in [5, 5.41) is 26.6. The van der Waals surface area contributed by atoms with Crippen LogP contribution in [0, 0.1) is 0 Å². The van der Waals surface area contributed by atoms with Crippen LogP contribution in [0.2, 0.25) is 0 Å². The molecule has 90 valence electrons. The van der Waals surface area contributed by atoms with E-state index in [0.29, 0.717) is 11.1 Å². The van der Waals surface area contributed by atoms with Crippen molar-refractivity contribution < 1.29 is 10.2 Å². The Balaban J connectivity index is 2.08. The third-order valence-corrected chi connectivity index (χ3v) is 2.33. The number of phenols is 2. The maximum Gasteiger partial charge on any atom is 0.124 e. The van der Waals surface area contributed by atoms with Crippen LogP contribution in [0.15, 0.2) is 58.7 Å². The summed E-state index contributed by atoms with van der Waals surface area (Å²) in [6.45, 7) is 0. The summed E-state index contributed by atoms with van der Waals surface area (Å²) in [4.78, 5) is 0. The second kappa shape index (κ2) is 5.63. The van der Waals surface area contributed by atoms with E-state index in [1.54, 1.807) is 48.5 Å². The van der Waals surface area contributed by atoms with Gasteiger partial charge in [0.15, 0.2) is 0 Å². The Morgan fingerprint density at radius 3 is 1.44 bits per heavy atom. The summed E-state index contributed by atoms with van der Waals surface area (Å²) < 4.78 is 0. The number of phenolic OH excluding ortho intramolecular Hbond substituents is 2. The van der Waals surface area contributed by atoms with Gasteiger partial charge >= 0.3 is 0 Å². The number of rotatable bonds is 3. The predicted octanol–water partition coefficient (Wildman–Crippen LogP) is 2.55. The summed E-state index contributed by atoms with van der Waals surface area (Å²) in [5.74, 6) is 0.304. The maximum absolute atomic E-state index is 9.49. The molecular formula is C14H12N2O2. The first-order valence-corrected chi connectivity index (χ1v) is 5.40. The number of nitrogens with zero attached hydrogens (tertiary/aromatic N) is 2. The molecule has 0 aromatic heterocycles. The standard InChI is InChI=1S/C14H12N2O2/c17-13-7-3-1-5-11(13)9-15-16-10-12-6-2-4-8-14(12)18/h1-10,17-18H/b15-9+,16-10+. The number of hydrogen-bond donors (Lipinski definition) is 2. The van der Waals surface area contributed by atoms with E-state index in [4.69, 9.17) is 0 Å². The molecule has 0 heterocycles. The third-order valence-electron chi connectivity index (χ3n) is 2.33. The van der Waals surface area contributed by atoms with Gasteiger partial charge in [0.25, 0.3) is 0 Å². The molecule has 4 heteroatoms. The molecular weight excluding hydrogens is 228 g/mol. The van der Waals surface area contributed by atoms with Crippen molar-refractivity contribution in [2.45, 2.75) is 0 Å². The van der Waals surface area contributed by atoms with Crippen molar-refractivity contribution in [1.29, 1.82) is 0 Å². The van der Waals surface area contributed by atoms with Gasteiger partial charge in [-0.2, -0.15) is 10.2 Å². The van der Waals surface area contributed by atoms with Crippen LogP contribution in [-0.4, -0.2) is 22.6 Å². The number of benzene rings is 2. The van der Waals surface area contributed by atoms with Crippen LogP contribution in [0.1, 0.15) is 11.1 Å². The van der Waals surface area contributed by atoms with Gasteiger partial charge < -0.3 is 10.2 Å². The van der Waals surface area contributed by atoms with E-state index >= 15 is 0 Å². The molecule has 0 amide bonds. The van der Waals surface area contributed by atoms with Crippen molar-refractivity contribution in [3.8, 4) is 11.5 Å². The highest BCUT2D eigenvalue weighted by atomic mass is 16.3. The van der Waals surface area contributed by atoms with Gasteiger partial charge in [-0.15, -0.1) is 0 Å². The van der Waals surface area contributed by atoms with Crippen LogP contribution in [-0.2, 0) is 0 Å². The highest BCUT2D eigenvalue weighted by Crippen LogP contribution is 2.14. The molecule has 2 aromatic rings. The molecule has 0 fully saturated rings. The van der Waals surface area contributed by atoms with Crippen LogP contribution in [0.25, 0.3) is 0 Å². The second-order valence-electron chi connectivity index (χ2n) is 3.61. The first-order chi connectivity index (χ1) is 8.77. The highest BCUT2D eigenvalue weighted by molar-refractivity contribution is 5.86. The quantitative estimate of drug-likeness (QED) is 0.639. The minimum Gasteiger partial charge on any atom is -0.507 e. The lowest BCUT2D eigenvalue weighted by atomic mass is 10.2. The fraction of sp³-hybridized carbons (Fsp3) is 0. The normalized spacial score (nSPS) is 11.3. The van der Waals surface area contributed by atoms with E-state index in [-0.39, 0.29) is 11.5 Å². The van der Waals surface area contributed by atoms with Gasteiger partial charge in [0.05, 0.1) is 12.4 Å². The molecule has 0 radical (unpaired) electrons. The van der Waals surface area contributed by atoms with Gasteiger partial charge in [0, 0.05) is 11.1 Å². The van der Waals surface area contributed by atoms with E-state index in [1.807, 2.05) is 0 Å². The summed E-state index contributed by atoms with van der Waals surface area (Å²) in [6, 6.07) is 13.7. The van der Waals surface area contributed by atoms with Gasteiger partial charge in [0.2, 0.25) is 0 Å². The fourth-order valence-corrected chi connectivity index (χ4v) is 1.38. The largest absolute Gasteiger partial charge is 0.507 e. The Morgan fingerprint density at radius 1 is 0.667 bits per heavy atom. The molecule has 0 aliphatic carbocycles. The monoisotopic (exact) mass is 240 g/mol. The smallest absolute Gasteiger partial charge is 0.124 e.